The lowest BCUT2D eigenvalue weighted by Gasteiger charge is -2.35. The fourth-order valence-corrected chi connectivity index (χ4v) is 3.53. The topological polar surface area (TPSA) is 95.7 Å². The SMILES string of the molecule is CC(C(=O)O)N1CCN(S(=O)(=O)c2cn(C)cn2)CC1. The molecule has 9 heteroatoms. The largest absolute Gasteiger partial charge is 0.480 e. The van der Waals surface area contributed by atoms with Crippen LogP contribution in [0.4, 0.5) is 0 Å². The van der Waals surface area contributed by atoms with Crippen molar-refractivity contribution in [2.75, 3.05) is 26.2 Å². The zero-order chi connectivity index (χ0) is 14.9. The number of imidazole rings is 1. The molecule has 2 rings (SSSR count). The van der Waals surface area contributed by atoms with E-state index in [0.717, 1.165) is 0 Å². The number of piperazine rings is 1. The Hall–Kier alpha value is -1.45. The van der Waals surface area contributed by atoms with E-state index in [2.05, 4.69) is 4.98 Å². The average molecular weight is 302 g/mol. The molecule has 1 aliphatic rings. The van der Waals surface area contributed by atoms with Crippen LogP contribution < -0.4 is 0 Å². The first-order chi connectivity index (χ1) is 9.32. The molecule has 8 nitrogen and oxygen atoms in total. The summed E-state index contributed by atoms with van der Waals surface area (Å²) in [4.78, 5) is 16.5. The number of hydrogen-bond donors (Lipinski definition) is 1. The van der Waals surface area contributed by atoms with E-state index in [9.17, 15) is 13.2 Å². The van der Waals surface area contributed by atoms with Crippen LogP contribution in [-0.4, -0.2) is 70.5 Å². The van der Waals surface area contributed by atoms with Crippen LogP contribution in [-0.2, 0) is 21.9 Å². The zero-order valence-electron chi connectivity index (χ0n) is 11.4. The molecular formula is C11H18N4O4S. The highest BCUT2D eigenvalue weighted by atomic mass is 32.2. The van der Waals surface area contributed by atoms with Gasteiger partial charge in [-0.15, -0.1) is 0 Å². The summed E-state index contributed by atoms with van der Waals surface area (Å²) in [6.45, 7) is 2.96. The van der Waals surface area contributed by atoms with Gasteiger partial charge < -0.3 is 9.67 Å². The number of carboxylic acid groups (broad SMARTS) is 1. The Balaban J connectivity index is 2.05. The minimum Gasteiger partial charge on any atom is -0.480 e. The quantitative estimate of drug-likeness (QED) is 0.782. The van der Waals surface area contributed by atoms with Gasteiger partial charge in [-0.1, -0.05) is 0 Å². The Morgan fingerprint density at radius 1 is 1.35 bits per heavy atom. The van der Waals surface area contributed by atoms with E-state index in [1.165, 1.54) is 16.8 Å². The van der Waals surface area contributed by atoms with Crippen molar-refractivity contribution in [1.82, 2.24) is 18.8 Å². The lowest BCUT2D eigenvalue weighted by Crippen LogP contribution is -2.53. The monoisotopic (exact) mass is 302 g/mol. The molecule has 0 amide bonds. The fourth-order valence-electron chi connectivity index (χ4n) is 2.14. The summed E-state index contributed by atoms with van der Waals surface area (Å²) in [6.07, 6.45) is 2.90. The van der Waals surface area contributed by atoms with Gasteiger partial charge in [0.25, 0.3) is 10.0 Å². The molecule has 1 N–H and O–H groups in total. The maximum Gasteiger partial charge on any atom is 0.320 e. The number of aromatic nitrogens is 2. The van der Waals surface area contributed by atoms with Crippen LogP contribution in [0.2, 0.25) is 0 Å². The third kappa shape index (κ3) is 2.84. The molecule has 1 aliphatic heterocycles. The second-order valence-electron chi connectivity index (χ2n) is 4.83. The smallest absolute Gasteiger partial charge is 0.320 e. The molecule has 112 valence electrons. The second-order valence-corrected chi connectivity index (χ2v) is 6.72. The molecule has 0 saturated carbocycles. The van der Waals surface area contributed by atoms with E-state index >= 15 is 0 Å². The molecule has 0 aromatic carbocycles. The van der Waals surface area contributed by atoms with Gasteiger partial charge in [-0.25, -0.2) is 13.4 Å². The van der Waals surface area contributed by atoms with Crippen LogP contribution in [0.25, 0.3) is 0 Å². The molecule has 0 bridgehead atoms. The van der Waals surface area contributed by atoms with Crippen LogP contribution in [0.3, 0.4) is 0 Å². The molecule has 0 radical (unpaired) electrons. The van der Waals surface area contributed by atoms with Gasteiger partial charge in [-0.05, 0) is 6.92 Å². The van der Waals surface area contributed by atoms with E-state index in [1.54, 1.807) is 23.4 Å². The van der Waals surface area contributed by atoms with Crippen LogP contribution in [0.1, 0.15) is 6.92 Å². The van der Waals surface area contributed by atoms with Gasteiger partial charge in [0, 0.05) is 39.4 Å². The normalized spacial score (nSPS) is 19.9. The zero-order valence-corrected chi connectivity index (χ0v) is 12.2. The van der Waals surface area contributed by atoms with Gasteiger partial charge in [0.1, 0.15) is 6.04 Å². The predicted octanol–water partition coefficient (Wildman–Crippen LogP) is -0.800. The molecule has 0 aliphatic carbocycles. The third-order valence-corrected chi connectivity index (χ3v) is 5.25. The minimum absolute atomic E-state index is 0.0275. The van der Waals surface area contributed by atoms with E-state index in [-0.39, 0.29) is 18.1 Å². The summed E-state index contributed by atoms with van der Waals surface area (Å²) in [5, 5.41) is 8.98. The summed E-state index contributed by atoms with van der Waals surface area (Å²) in [5.74, 6) is -0.897. The summed E-state index contributed by atoms with van der Waals surface area (Å²) in [6, 6.07) is -0.602. The first-order valence-corrected chi connectivity index (χ1v) is 7.71. The van der Waals surface area contributed by atoms with Crippen molar-refractivity contribution in [3.63, 3.8) is 0 Å². The first-order valence-electron chi connectivity index (χ1n) is 6.27. The number of aliphatic carboxylic acids is 1. The lowest BCUT2D eigenvalue weighted by atomic mass is 10.2. The van der Waals surface area contributed by atoms with Gasteiger partial charge in [0.15, 0.2) is 5.03 Å². The minimum atomic E-state index is -3.58. The number of nitrogens with zero attached hydrogens (tertiary/aromatic N) is 4. The second kappa shape index (κ2) is 5.51. The van der Waals surface area contributed by atoms with Crippen molar-refractivity contribution in [1.29, 1.82) is 0 Å². The standard InChI is InChI=1S/C11H18N4O4S/c1-9(11(16)17)14-3-5-15(6-4-14)20(18,19)10-7-13(2)8-12-10/h7-9H,3-6H2,1-2H3,(H,16,17). The van der Waals surface area contributed by atoms with E-state index < -0.39 is 22.0 Å². The van der Waals surface area contributed by atoms with Gasteiger partial charge in [0.05, 0.1) is 6.33 Å². The van der Waals surface area contributed by atoms with Gasteiger partial charge in [-0.2, -0.15) is 4.31 Å². The predicted molar refractivity (Wildman–Crippen MR) is 70.6 cm³/mol. The number of rotatable bonds is 4. The van der Waals surface area contributed by atoms with Gasteiger partial charge in [-0.3, -0.25) is 9.69 Å². The highest BCUT2D eigenvalue weighted by Crippen LogP contribution is 2.16. The Labute approximate surface area is 117 Å². The summed E-state index contributed by atoms with van der Waals surface area (Å²) in [5.41, 5.74) is 0. The molecule has 1 saturated heterocycles. The molecule has 2 heterocycles. The number of aryl methyl sites for hydroxylation is 1. The molecule has 0 spiro atoms. The van der Waals surface area contributed by atoms with Crippen molar-refractivity contribution < 1.29 is 18.3 Å². The summed E-state index contributed by atoms with van der Waals surface area (Å²) < 4.78 is 27.6. The van der Waals surface area contributed by atoms with E-state index in [1.807, 2.05) is 0 Å². The highest BCUT2D eigenvalue weighted by molar-refractivity contribution is 7.89. The van der Waals surface area contributed by atoms with Crippen LogP contribution >= 0.6 is 0 Å². The van der Waals surface area contributed by atoms with E-state index in [0.29, 0.717) is 13.1 Å². The molecule has 1 fully saturated rings. The van der Waals surface area contributed by atoms with Crippen molar-refractivity contribution in [3.8, 4) is 0 Å². The van der Waals surface area contributed by atoms with Crippen molar-refractivity contribution in [2.24, 2.45) is 7.05 Å². The number of carbonyl (C=O) groups is 1. The van der Waals surface area contributed by atoms with Crippen LogP contribution in [0.5, 0.6) is 0 Å². The molecular weight excluding hydrogens is 284 g/mol. The fraction of sp³-hybridized carbons (Fsp3) is 0.636. The van der Waals surface area contributed by atoms with E-state index in [4.69, 9.17) is 5.11 Å². The van der Waals surface area contributed by atoms with Crippen molar-refractivity contribution in [2.45, 2.75) is 18.0 Å². The van der Waals surface area contributed by atoms with Crippen molar-refractivity contribution in [3.05, 3.63) is 12.5 Å². The van der Waals surface area contributed by atoms with Gasteiger partial charge >= 0.3 is 5.97 Å². The first kappa shape index (κ1) is 14.9. The summed E-state index contributed by atoms with van der Waals surface area (Å²) in [7, 11) is -1.88. The average Bonchev–Trinajstić information content (AvgIpc) is 2.85. The maximum absolute atomic E-state index is 12.3. The number of carboxylic acids is 1. The number of hydrogen-bond acceptors (Lipinski definition) is 5. The maximum atomic E-state index is 12.3. The molecule has 1 atom stereocenters. The molecule has 1 unspecified atom stereocenters. The lowest BCUT2D eigenvalue weighted by molar-refractivity contribution is -0.143. The molecule has 1 aromatic heterocycles. The Kier molecular flexibility index (Phi) is 4.11. The Morgan fingerprint density at radius 2 is 1.95 bits per heavy atom. The van der Waals surface area contributed by atoms with Gasteiger partial charge in [0.2, 0.25) is 0 Å². The Morgan fingerprint density at radius 3 is 2.40 bits per heavy atom. The summed E-state index contributed by atoms with van der Waals surface area (Å²) >= 11 is 0. The van der Waals surface area contributed by atoms with Crippen LogP contribution in [0.15, 0.2) is 17.6 Å². The molecule has 20 heavy (non-hydrogen) atoms. The molecule has 1 aromatic rings. The van der Waals surface area contributed by atoms with Crippen LogP contribution in [0, 0.1) is 0 Å². The Bertz CT molecular complexity index is 589. The van der Waals surface area contributed by atoms with Crippen molar-refractivity contribution >= 4 is 16.0 Å². The third-order valence-electron chi connectivity index (χ3n) is 3.46. The highest BCUT2D eigenvalue weighted by Gasteiger charge is 2.32. The number of sulfonamides is 1.